The van der Waals surface area contributed by atoms with Gasteiger partial charge in [-0.2, -0.15) is 0 Å². The molecule has 0 radical (unpaired) electrons. The molecule has 0 fully saturated rings. The van der Waals surface area contributed by atoms with Crippen molar-refractivity contribution in [1.29, 1.82) is 0 Å². The number of hydrogen-bond donors (Lipinski definition) is 1. The molecule has 1 atom stereocenters. The summed E-state index contributed by atoms with van der Waals surface area (Å²) in [6.45, 7) is 3.25. The molecular formula is C30H33BrN2O4. The van der Waals surface area contributed by atoms with Crippen molar-refractivity contribution >= 4 is 27.7 Å². The van der Waals surface area contributed by atoms with E-state index < -0.39 is 6.04 Å². The molecule has 0 aliphatic carbocycles. The molecule has 6 nitrogen and oxygen atoms in total. The highest BCUT2D eigenvalue weighted by molar-refractivity contribution is 9.10. The first kappa shape index (κ1) is 26.7. The summed E-state index contributed by atoms with van der Waals surface area (Å²) in [6.07, 6.45) is 3.16. The molecular weight excluding hydrogens is 532 g/mol. The number of amides is 2. The zero-order chi connectivity index (χ0) is 26.0. The molecule has 3 aromatic rings. The molecule has 1 aliphatic heterocycles. The molecule has 1 N–H and O–H groups in total. The zero-order valence-corrected chi connectivity index (χ0v) is 22.7. The minimum absolute atomic E-state index is 0.0628. The number of hydrogen-bond acceptors (Lipinski definition) is 4. The Morgan fingerprint density at radius 2 is 1.68 bits per heavy atom. The minimum atomic E-state index is -0.618. The summed E-state index contributed by atoms with van der Waals surface area (Å²) in [7, 11) is 0. The van der Waals surface area contributed by atoms with E-state index in [-0.39, 0.29) is 25.0 Å². The number of carbonyl (C=O) groups is 2. The Morgan fingerprint density at radius 3 is 2.43 bits per heavy atom. The van der Waals surface area contributed by atoms with E-state index >= 15 is 0 Å². The summed E-state index contributed by atoms with van der Waals surface area (Å²) >= 11 is 3.48. The molecule has 0 unspecified atom stereocenters. The number of ether oxygens (including phenoxy) is 2. The van der Waals surface area contributed by atoms with E-state index in [1.165, 1.54) is 0 Å². The van der Waals surface area contributed by atoms with Gasteiger partial charge < -0.3 is 19.7 Å². The first-order chi connectivity index (χ1) is 18.0. The van der Waals surface area contributed by atoms with Crippen LogP contribution in [0.1, 0.15) is 42.9 Å². The number of carbonyl (C=O) groups excluding carboxylic acids is 2. The van der Waals surface area contributed by atoms with E-state index in [4.69, 9.17) is 9.47 Å². The molecule has 37 heavy (non-hydrogen) atoms. The van der Waals surface area contributed by atoms with Crippen LogP contribution in [-0.4, -0.2) is 36.1 Å². The first-order valence-electron chi connectivity index (χ1n) is 12.8. The van der Waals surface area contributed by atoms with Gasteiger partial charge in [0.2, 0.25) is 18.6 Å². The average Bonchev–Trinajstić information content (AvgIpc) is 3.39. The van der Waals surface area contributed by atoms with Gasteiger partial charge >= 0.3 is 0 Å². The van der Waals surface area contributed by atoms with Gasteiger partial charge in [-0.1, -0.05) is 77.8 Å². The van der Waals surface area contributed by atoms with Crippen LogP contribution in [0.5, 0.6) is 11.5 Å². The quantitative estimate of drug-likeness (QED) is 0.288. The second kappa shape index (κ2) is 13.3. The molecule has 0 spiro atoms. The molecule has 4 rings (SSSR count). The number of rotatable bonds is 12. The van der Waals surface area contributed by atoms with Crippen LogP contribution >= 0.6 is 15.9 Å². The molecule has 7 heteroatoms. The van der Waals surface area contributed by atoms with Gasteiger partial charge in [-0.3, -0.25) is 9.59 Å². The van der Waals surface area contributed by atoms with Gasteiger partial charge in [0.1, 0.15) is 6.04 Å². The van der Waals surface area contributed by atoms with Crippen LogP contribution in [0.4, 0.5) is 0 Å². The lowest BCUT2D eigenvalue weighted by Gasteiger charge is -2.31. The second-order valence-electron chi connectivity index (χ2n) is 9.19. The molecule has 194 valence electrons. The van der Waals surface area contributed by atoms with Crippen molar-refractivity contribution in [2.24, 2.45) is 0 Å². The van der Waals surface area contributed by atoms with Crippen molar-refractivity contribution in [2.75, 3.05) is 13.3 Å². The second-order valence-corrected chi connectivity index (χ2v) is 10.1. The van der Waals surface area contributed by atoms with Crippen LogP contribution in [0.15, 0.2) is 77.3 Å². The summed E-state index contributed by atoms with van der Waals surface area (Å²) in [6, 6.07) is 22.9. The maximum absolute atomic E-state index is 13.8. The third kappa shape index (κ3) is 7.59. The molecule has 3 aromatic carbocycles. The third-order valence-corrected chi connectivity index (χ3v) is 6.96. The predicted molar refractivity (Wildman–Crippen MR) is 147 cm³/mol. The number of halogens is 1. The van der Waals surface area contributed by atoms with Gasteiger partial charge in [0.15, 0.2) is 11.5 Å². The largest absolute Gasteiger partial charge is 0.454 e. The number of nitrogens with zero attached hydrogens (tertiary/aromatic N) is 1. The molecule has 2 amide bonds. The van der Waals surface area contributed by atoms with Crippen molar-refractivity contribution in [2.45, 2.75) is 51.6 Å². The van der Waals surface area contributed by atoms with Crippen molar-refractivity contribution < 1.29 is 19.1 Å². The van der Waals surface area contributed by atoms with Crippen LogP contribution in [0.2, 0.25) is 0 Å². The predicted octanol–water partition coefficient (Wildman–Crippen LogP) is 5.67. The normalized spacial score (nSPS) is 12.7. The highest BCUT2D eigenvalue weighted by Gasteiger charge is 2.30. The smallest absolute Gasteiger partial charge is 0.243 e. The van der Waals surface area contributed by atoms with Gasteiger partial charge in [0.05, 0.1) is 0 Å². The van der Waals surface area contributed by atoms with Crippen LogP contribution in [0.3, 0.4) is 0 Å². The summed E-state index contributed by atoms with van der Waals surface area (Å²) in [5.41, 5.74) is 2.98. The lowest BCUT2D eigenvalue weighted by atomic mass is 10.0. The maximum Gasteiger partial charge on any atom is 0.243 e. The lowest BCUT2D eigenvalue weighted by Crippen LogP contribution is -2.50. The first-order valence-corrected chi connectivity index (χ1v) is 13.6. The Kier molecular flexibility index (Phi) is 9.60. The Bertz CT molecular complexity index is 1180. The van der Waals surface area contributed by atoms with Crippen molar-refractivity contribution in [3.05, 3.63) is 94.0 Å². The van der Waals surface area contributed by atoms with Crippen LogP contribution in [0, 0.1) is 0 Å². The molecule has 1 aliphatic rings. The Labute approximate surface area is 227 Å². The lowest BCUT2D eigenvalue weighted by molar-refractivity contribution is -0.141. The molecule has 1 heterocycles. The Morgan fingerprint density at radius 1 is 0.946 bits per heavy atom. The van der Waals surface area contributed by atoms with Gasteiger partial charge in [0, 0.05) is 30.4 Å². The fourth-order valence-electron chi connectivity index (χ4n) is 4.34. The summed E-state index contributed by atoms with van der Waals surface area (Å²) in [4.78, 5) is 29.0. The fourth-order valence-corrected chi connectivity index (χ4v) is 4.60. The molecule has 0 saturated heterocycles. The molecule has 0 saturated carbocycles. The van der Waals surface area contributed by atoms with E-state index in [1.807, 2.05) is 72.8 Å². The van der Waals surface area contributed by atoms with Crippen LogP contribution < -0.4 is 14.8 Å². The average molecular weight is 566 g/mol. The minimum Gasteiger partial charge on any atom is -0.454 e. The standard InChI is InChI=1S/C30H33BrN2O4/c1-2-3-17-32-30(35)26(18-22-7-5-4-6-8-22)33(20-24-9-13-25(31)14-10-24)29(34)16-12-23-11-15-27-28(19-23)37-21-36-27/h4-11,13-15,19,26H,2-3,12,16-18,20-21H2,1H3,(H,32,35)/t26-/m1/s1. The van der Waals surface area contributed by atoms with Crippen molar-refractivity contribution in [1.82, 2.24) is 10.2 Å². The number of aryl methyl sites for hydroxylation is 1. The Hall–Kier alpha value is -3.32. The molecule has 0 bridgehead atoms. The van der Waals surface area contributed by atoms with Gasteiger partial charge in [0.25, 0.3) is 0 Å². The number of fused-ring (bicyclic) bond motifs is 1. The van der Waals surface area contributed by atoms with E-state index in [1.54, 1.807) is 4.90 Å². The van der Waals surface area contributed by atoms with E-state index in [0.717, 1.165) is 39.8 Å². The highest BCUT2D eigenvalue weighted by atomic mass is 79.9. The monoisotopic (exact) mass is 564 g/mol. The number of nitrogens with one attached hydrogen (secondary N) is 1. The number of unbranched alkanes of at least 4 members (excludes halogenated alkanes) is 1. The van der Waals surface area contributed by atoms with Crippen LogP contribution in [-0.2, 0) is 29.0 Å². The SMILES string of the molecule is CCCCNC(=O)[C@@H](Cc1ccccc1)N(Cc1ccc(Br)cc1)C(=O)CCc1ccc2c(c1)OCO2. The van der Waals surface area contributed by atoms with Gasteiger partial charge in [-0.15, -0.1) is 0 Å². The van der Waals surface area contributed by atoms with Gasteiger partial charge in [-0.05, 0) is 53.8 Å². The fraction of sp³-hybridized carbons (Fsp3) is 0.333. The third-order valence-electron chi connectivity index (χ3n) is 6.43. The van der Waals surface area contributed by atoms with E-state index in [2.05, 4.69) is 28.2 Å². The zero-order valence-electron chi connectivity index (χ0n) is 21.1. The highest BCUT2D eigenvalue weighted by Crippen LogP contribution is 2.33. The summed E-state index contributed by atoms with van der Waals surface area (Å²) in [5.74, 6) is 1.24. The van der Waals surface area contributed by atoms with E-state index in [0.29, 0.717) is 31.7 Å². The van der Waals surface area contributed by atoms with Gasteiger partial charge in [-0.25, -0.2) is 0 Å². The topological polar surface area (TPSA) is 67.9 Å². The van der Waals surface area contributed by atoms with Crippen molar-refractivity contribution in [3.8, 4) is 11.5 Å². The summed E-state index contributed by atoms with van der Waals surface area (Å²) < 4.78 is 11.9. The van der Waals surface area contributed by atoms with Crippen LogP contribution in [0.25, 0.3) is 0 Å². The Balaban J connectivity index is 1.57. The maximum atomic E-state index is 13.8. The number of benzene rings is 3. The van der Waals surface area contributed by atoms with Crippen molar-refractivity contribution in [3.63, 3.8) is 0 Å². The molecule has 0 aromatic heterocycles. The summed E-state index contributed by atoms with van der Waals surface area (Å²) in [5, 5.41) is 3.07. The van der Waals surface area contributed by atoms with E-state index in [9.17, 15) is 9.59 Å².